The summed E-state index contributed by atoms with van der Waals surface area (Å²) in [7, 11) is -1.34. The van der Waals surface area contributed by atoms with Crippen molar-refractivity contribution in [2.45, 2.75) is 46.0 Å². The predicted octanol–water partition coefficient (Wildman–Crippen LogP) is 4.33. The highest BCUT2D eigenvalue weighted by atomic mass is 32.1. The number of thiophene rings is 1. The molecule has 0 bridgehead atoms. The molecule has 4 heteroatoms. The maximum absolute atomic E-state index is 11.6. The van der Waals surface area contributed by atoms with Crippen molar-refractivity contribution >= 4 is 31.5 Å². The van der Waals surface area contributed by atoms with Crippen molar-refractivity contribution in [3.63, 3.8) is 0 Å². The molecule has 0 aromatic carbocycles. The maximum atomic E-state index is 11.6. The van der Waals surface area contributed by atoms with Crippen LogP contribution in [0.25, 0.3) is 6.08 Å². The van der Waals surface area contributed by atoms with Gasteiger partial charge in [0.1, 0.15) is 13.7 Å². The monoisotopic (exact) mass is 306 g/mol. The summed E-state index contributed by atoms with van der Waals surface area (Å²) in [5.74, 6) is 2.89. The molecule has 0 atom stereocenters. The van der Waals surface area contributed by atoms with Crippen molar-refractivity contribution in [3.05, 3.63) is 28.0 Å². The van der Waals surface area contributed by atoms with E-state index in [-0.39, 0.29) is 5.97 Å². The first-order valence-corrected chi connectivity index (χ1v) is 10.9. The number of hydrogen-bond donors (Lipinski definition) is 0. The van der Waals surface area contributed by atoms with Crippen LogP contribution in [-0.2, 0) is 9.53 Å². The molecular formula is C16H22O2SSi. The second-order valence-electron chi connectivity index (χ2n) is 6.57. The quantitative estimate of drug-likeness (QED) is 0.352. The Labute approximate surface area is 126 Å². The molecule has 20 heavy (non-hydrogen) atoms. The van der Waals surface area contributed by atoms with Crippen molar-refractivity contribution in [1.29, 1.82) is 0 Å². The van der Waals surface area contributed by atoms with Crippen LogP contribution < -0.4 is 0 Å². The van der Waals surface area contributed by atoms with Crippen LogP contribution in [0.1, 0.15) is 30.5 Å². The molecule has 1 heterocycles. The first kappa shape index (κ1) is 16.7. The lowest BCUT2D eigenvalue weighted by Crippen LogP contribution is -2.22. The SMILES string of the molecule is CC(C)(C)OC(=O)/C=C/c1ccc(C#C[Si](C)(C)C)s1. The highest BCUT2D eigenvalue weighted by Gasteiger charge is 2.13. The largest absolute Gasteiger partial charge is 0.457 e. The Bertz CT molecular complexity index is 560. The first-order chi connectivity index (χ1) is 9.05. The van der Waals surface area contributed by atoms with Gasteiger partial charge in [0.2, 0.25) is 0 Å². The molecule has 0 saturated carbocycles. The summed E-state index contributed by atoms with van der Waals surface area (Å²) < 4.78 is 5.21. The van der Waals surface area contributed by atoms with Crippen molar-refractivity contribution in [1.82, 2.24) is 0 Å². The third-order valence-electron chi connectivity index (χ3n) is 1.98. The number of hydrogen-bond acceptors (Lipinski definition) is 3. The molecule has 0 amide bonds. The van der Waals surface area contributed by atoms with E-state index < -0.39 is 13.7 Å². The molecule has 2 nitrogen and oxygen atoms in total. The second-order valence-corrected chi connectivity index (χ2v) is 12.4. The van der Waals surface area contributed by atoms with Crippen LogP contribution in [0.4, 0.5) is 0 Å². The lowest BCUT2D eigenvalue weighted by Gasteiger charge is -2.17. The average molecular weight is 307 g/mol. The van der Waals surface area contributed by atoms with Gasteiger partial charge in [0.25, 0.3) is 0 Å². The van der Waals surface area contributed by atoms with Crippen molar-refractivity contribution in [2.75, 3.05) is 0 Å². The molecule has 0 aliphatic rings. The summed E-state index contributed by atoms with van der Waals surface area (Å²) in [6, 6.07) is 3.96. The second kappa shape index (κ2) is 6.42. The van der Waals surface area contributed by atoms with Gasteiger partial charge in [-0.05, 0) is 39.0 Å². The van der Waals surface area contributed by atoms with Gasteiger partial charge in [-0.2, -0.15) is 0 Å². The maximum Gasteiger partial charge on any atom is 0.331 e. The number of esters is 1. The summed E-state index contributed by atoms with van der Waals surface area (Å²) in [5.41, 5.74) is 2.88. The minimum Gasteiger partial charge on any atom is -0.457 e. The molecule has 0 spiro atoms. The summed E-state index contributed by atoms with van der Waals surface area (Å²) >= 11 is 1.59. The third-order valence-corrected chi connectivity index (χ3v) is 3.82. The van der Waals surface area contributed by atoms with E-state index in [2.05, 4.69) is 31.1 Å². The zero-order chi connectivity index (χ0) is 15.4. The summed E-state index contributed by atoms with van der Waals surface area (Å²) in [6.45, 7) is 12.2. The van der Waals surface area contributed by atoms with Gasteiger partial charge in [-0.25, -0.2) is 4.79 Å². The van der Waals surface area contributed by atoms with Crippen LogP contribution in [0.15, 0.2) is 18.2 Å². The lowest BCUT2D eigenvalue weighted by atomic mass is 10.2. The highest BCUT2D eigenvalue weighted by Crippen LogP contribution is 2.17. The van der Waals surface area contributed by atoms with Crippen LogP contribution >= 0.6 is 11.3 Å². The molecule has 0 aliphatic heterocycles. The Balaban J connectivity index is 2.69. The fraction of sp³-hybridized carbons (Fsp3) is 0.438. The Morgan fingerprint density at radius 3 is 2.50 bits per heavy atom. The molecule has 0 fully saturated rings. The van der Waals surface area contributed by atoms with Gasteiger partial charge in [-0.15, -0.1) is 16.9 Å². The Morgan fingerprint density at radius 2 is 1.95 bits per heavy atom. The molecule has 0 unspecified atom stereocenters. The van der Waals surface area contributed by atoms with E-state index in [9.17, 15) is 4.79 Å². The van der Waals surface area contributed by atoms with Crippen LogP contribution in [0.5, 0.6) is 0 Å². The van der Waals surface area contributed by atoms with E-state index in [1.807, 2.05) is 32.9 Å². The highest BCUT2D eigenvalue weighted by molar-refractivity contribution is 7.13. The van der Waals surface area contributed by atoms with E-state index in [1.165, 1.54) is 6.08 Å². The topological polar surface area (TPSA) is 26.3 Å². The van der Waals surface area contributed by atoms with Gasteiger partial charge in [-0.3, -0.25) is 0 Å². The third kappa shape index (κ3) is 7.32. The van der Waals surface area contributed by atoms with Gasteiger partial charge in [-0.1, -0.05) is 25.6 Å². The Morgan fingerprint density at radius 1 is 1.30 bits per heavy atom. The van der Waals surface area contributed by atoms with Gasteiger partial charge >= 0.3 is 5.97 Å². The fourth-order valence-corrected chi connectivity index (χ4v) is 2.61. The molecular weight excluding hydrogens is 284 g/mol. The average Bonchev–Trinajstić information content (AvgIpc) is 2.68. The number of carbonyl (C=O) groups is 1. The van der Waals surface area contributed by atoms with Crippen molar-refractivity contribution in [3.8, 4) is 11.5 Å². The summed E-state index contributed by atoms with van der Waals surface area (Å²) in [5, 5.41) is 0. The molecule has 1 aromatic rings. The Hall–Kier alpha value is -1.31. The molecule has 0 N–H and O–H groups in total. The van der Waals surface area contributed by atoms with Crippen molar-refractivity contribution in [2.24, 2.45) is 0 Å². The number of carbonyl (C=O) groups excluding carboxylic acids is 1. The van der Waals surface area contributed by atoms with E-state index in [0.717, 1.165) is 9.75 Å². The number of rotatable bonds is 2. The lowest BCUT2D eigenvalue weighted by molar-refractivity contribution is -0.148. The van der Waals surface area contributed by atoms with E-state index >= 15 is 0 Å². The summed E-state index contributed by atoms with van der Waals surface area (Å²) in [6.07, 6.45) is 3.24. The van der Waals surface area contributed by atoms with Crippen LogP contribution in [-0.4, -0.2) is 19.6 Å². The van der Waals surface area contributed by atoms with Crippen LogP contribution in [0.3, 0.4) is 0 Å². The van der Waals surface area contributed by atoms with Crippen LogP contribution in [0, 0.1) is 11.5 Å². The number of ether oxygens (including phenoxy) is 1. The normalized spacial score (nSPS) is 12.1. The molecule has 1 aromatic heterocycles. The van der Waals surface area contributed by atoms with E-state index in [0.29, 0.717) is 0 Å². The van der Waals surface area contributed by atoms with E-state index in [4.69, 9.17) is 4.74 Å². The molecule has 0 aliphatic carbocycles. The van der Waals surface area contributed by atoms with Crippen LogP contribution in [0.2, 0.25) is 19.6 Å². The zero-order valence-corrected chi connectivity index (χ0v) is 14.9. The minimum absolute atomic E-state index is 0.319. The van der Waals surface area contributed by atoms with Gasteiger partial charge in [0.15, 0.2) is 0 Å². The first-order valence-electron chi connectivity index (χ1n) is 6.59. The molecule has 108 valence electrons. The molecule has 0 radical (unpaired) electrons. The molecule has 1 rings (SSSR count). The smallest absolute Gasteiger partial charge is 0.331 e. The standard InChI is InChI=1S/C16H22O2SSi/c1-16(2,3)18-15(17)10-9-13-7-8-14(19-13)11-12-20(4,5)6/h7-10H,1-6H3/b10-9+. The van der Waals surface area contributed by atoms with Gasteiger partial charge in [0.05, 0.1) is 4.88 Å². The fourth-order valence-electron chi connectivity index (χ4n) is 1.24. The minimum atomic E-state index is -1.34. The van der Waals surface area contributed by atoms with E-state index in [1.54, 1.807) is 17.4 Å². The summed E-state index contributed by atoms with van der Waals surface area (Å²) in [4.78, 5) is 13.6. The zero-order valence-electron chi connectivity index (χ0n) is 13.0. The predicted molar refractivity (Wildman–Crippen MR) is 89.4 cm³/mol. The molecule has 0 saturated heterocycles. The van der Waals surface area contributed by atoms with Crippen molar-refractivity contribution < 1.29 is 9.53 Å². The Kier molecular flexibility index (Phi) is 5.38. The van der Waals surface area contributed by atoms with Gasteiger partial charge in [0, 0.05) is 11.0 Å². The van der Waals surface area contributed by atoms with Gasteiger partial charge < -0.3 is 4.74 Å².